The summed E-state index contributed by atoms with van der Waals surface area (Å²) in [6.45, 7) is 1.71. The molecule has 0 aliphatic carbocycles. The molecule has 3 N–H and O–H groups in total. The summed E-state index contributed by atoms with van der Waals surface area (Å²) < 4.78 is 0. The molecule has 0 spiro atoms. The van der Waals surface area contributed by atoms with Gasteiger partial charge in [-0.3, -0.25) is 0 Å². The first-order valence-electron chi connectivity index (χ1n) is 5.11. The summed E-state index contributed by atoms with van der Waals surface area (Å²) in [7, 11) is 0. The predicted octanol–water partition coefficient (Wildman–Crippen LogP) is 2.64. The first-order chi connectivity index (χ1) is 7.20. The van der Waals surface area contributed by atoms with Gasteiger partial charge in [0.2, 0.25) is 0 Å². The van der Waals surface area contributed by atoms with Crippen LogP contribution in [0.1, 0.15) is 18.5 Å². The maximum atomic E-state index is 9.51. The summed E-state index contributed by atoms with van der Waals surface area (Å²) in [5.41, 5.74) is 6.96. The minimum Gasteiger partial charge on any atom is -0.391 e. The molecule has 86 valence electrons. The highest BCUT2D eigenvalue weighted by atomic mass is 35.5. The molecule has 0 unspecified atom stereocenters. The molecular formula is C13H16ClNO. The van der Waals surface area contributed by atoms with Crippen molar-refractivity contribution >= 4 is 23.2 Å². The Morgan fingerprint density at radius 2 is 1.69 bits per heavy atom. The van der Waals surface area contributed by atoms with Gasteiger partial charge in [0.15, 0.2) is 0 Å². The standard InChI is InChI=1S/C13H15NO.ClH/c1-9(15)13(14)12-8-4-6-10-5-2-3-7-11(10)12;/h2-9,13,15H,14H2,1H3;1H/t9-,13-;/m1./s1. The van der Waals surface area contributed by atoms with E-state index in [9.17, 15) is 5.11 Å². The lowest BCUT2D eigenvalue weighted by atomic mass is 9.97. The number of hydrogen-bond acceptors (Lipinski definition) is 2. The van der Waals surface area contributed by atoms with Crippen LogP contribution in [-0.4, -0.2) is 11.2 Å². The second-order valence-electron chi connectivity index (χ2n) is 3.83. The summed E-state index contributed by atoms with van der Waals surface area (Å²) in [5, 5.41) is 11.8. The van der Waals surface area contributed by atoms with Crippen molar-refractivity contribution in [3.05, 3.63) is 48.0 Å². The van der Waals surface area contributed by atoms with Crippen molar-refractivity contribution in [2.45, 2.75) is 19.1 Å². The third-order valence-corrected chi connectivity index (χ3v) is 2.70. The Morgan fingerprint density at radius 3 is 2.38 bits per heavy atom. The molecule has 0 heterocycles. The third kappa shape index (κ3) is 2.35. The molecule has 2 nitrogen and oxygen atoms in total. The molecule has 0 aliphatic rings. The van der Waals surface area contributed by atoms with Gasteiger partial charge in [-0.2, -0.15) is 0 Å². The van der Waals surface area contributed by atoms with Gasteiger partial charge in [-0.1, -0.05) is 42.5 Å². The van der Waals surface area contributed by atoms with Crippen LogP contribution in [0.3, 0.4) is 0 Å². The van der Waals surface area contributed by atoms with Crippen LogP contribution < -0.4 is 5.73 Å². The Kier molecular flexibility index (Phi) is 4.30. The number of hydrogen-bond donors (Lipinski definition) is 2. The van der Waals surface area contributed by atoms with Crippen molar-refractivity contribution in [2.24, 2.45) is 5.73 Å². The van der Waals surface area contributed by atoms with Crippen LogP contribution in [-0.2, 0) is 0 Å². The minimum absolute atomic E-state index is 0. The highest BCUT2D eigenvalue weighted by Gasteiger charge is 2.13. The second kappa shape index (κ2) is 5.30. The molecule has 0 bridgehead atoms. The molecule has 0 amide bonds. The van der Waals surface area contributed by atoms with Gasteiger partial charge in [0.05, 0.1) is 12.1 Å². The number of nitrogens with two attached hydrogens (primary N) is 1. The Balaban J connectivity index is 0.00000128. The topological polar surface area (TPSA) is 46.2 Å². The Hall–Kier alpha value is -1.09. The molecule has 2 rings (SSSR count). The number of aliphatic hydroxyl groups excluding tert-OH is 1. The fourth-order valence-electron chi connectivity index (χ4n) is 1.80. The van der Waals surface area contributed by atoms with Gasteiger partial charge >= 0.3 is 0 Å². The van der Waals surface area contributed by atoms with Crippen LogP contribution in [0, 0.1) is 0 Å². The first-order valence-corrected chi connectivity index (χ1v) is 5.11. The number of fused-ring (bicyclic) bond motifs is 1. The molecule has 3 heteroatoms. The molecule has 2 aromatic rings. The second-order valence-corrected chi connectivity index (χ2v) is 3.83. The average molecular weight is 238 g/mol. The van der Waals surface area contributed by atoms with Crippen LogP contribution in [0.5, 0.6) is 0 Å². The zero-order valence-electron chi connectivity index (χ0n) is 9.13. The summed E-state index contributed by atoms with van der Waals surface area (Å²) in [4.78, 5) is 0. The van der Waals surface area contributed by atoms with E-state index in [4.69, 9.17) is 5.73 Å². The normalized spacial score (nSPS) is 14.2. The van der Waals surface area contributed by atoms with E-state index < -0.39 is 6.10 Å². The van der Waals surface area contributed by atoms with Crippen molar-refractivity contribution in [1.29, 1.82) is 0 Å². The lowest BCUT2D eigenvalue weighted by molar-refractivity contribution is 0.165. The predicted molar refractivity (Wildman–Crippen MR) is 69.8 cm³/mol. The van der Waals surface area contributed by atoms with E-state index in [0.717, 1.165) is 16.3 Å². The molecule has 0 fully saturated rings. The maximum Gasteiger partial charge on any atom is 0.0704 e. The van der Waals surface area contributed by atoms with E-state index in [1.54, 1.807) is 6.92 Å². The molecule has 0 aliphatic heterocycles. The summed E-state index contributed by atoms with van der Waals surface area (Å²) in [5.74, 6) is 0. The van der Waals surface area contributed by atoms with E-state index in [1.165, 1.54) is 0 Å². The molecule has 0 saturated heterocycles. The van der Waals surface area contributed by atoms with Crippen LogP contribution in [0.2, 0.25) is 0 Å². The van der Waals surface area contributed by atoms with E-state index >= 15 is 0 Å². The van der Waals surface area contributed by atoms with Crippen LogP contribution in [0.4, 0.5) is 0 Å². The van der Waals surface area contributed by atoms with Gasteiger partial charge in [0.1, 0.15) is 0 Å². The van der Waals surface area contributed by atoms with E-state index in [1.807, 2.05) is 42.5 Å². The zero-order valence-corrected chi connectivity index (χ0v) is 9.95. The molecule has 2 aromatic carbocycles. The molecule has 2 atom stereocenters. The Bertz CT molecular complexity index is 465. The van der Waals surface area contributed by atoms with E-state index in [0.29, 0.717) is 0 Å². The fourth-order valence-corrected chi connectivity index (χ4v) is 1.80. The Morgan fingerprint density at radius 1 is 1.06 bits per heavy atom. The summed E-state index contributed by atoms with van der Waals surface area (Å²) >= 11 is 0. The smallest absolute Gasteiger partial charge is 0.0704 e. The highest BCUT2D eigenvalue weighted by Crippen LogP contribution is 2.24. The number of halogens is 1. The molecule has 0 radical (unpaired) electrons. The van der Waals surface area contributed by atoms with E-state index in [2.05, 4.69) is 0 Å². The van der Waals surface area contributed by atoms with Crippen molar-refractivity contribution in [3.63, 3.8) is 0 Å². The lowest BCUT2D eigenvalue weighted by Gasteiger charge is -2.17. The summed E-state index contributed by atoms with van der Waals surface area (Å²) in [6, 6.07) is 13.7. The van der Waals surface area contributed by atoms with E-state index in [-0.39, 0.29) is 18.4 Å². The average Bonchev–Trinajstić information content (AvgIpc) is 2.27. The van der Waals surface area contributed by atoms with Crippen molar-refractivity contribution in [2.75, 3.05) is 0 Å². The molecule has 0 aromatic heterocycles. The van der Waals surface area contributed by atoms with Gasteiger partial charge in [-0.25, -0.2) is 0 Å². The number of rotatable bonds is 2. The van der Waals surface area contributed by atoms with Gasteiger partial charge in [0, 0.05) is 0 Å². The van der Waals surface area contributed by atoms with Crippen LogP contribution >= 0.6 is 12.4 Å². The molecule has 16 heavy (non-hydrogen) atoms. The molecular weight excluding hydrogens is 222 g/mol. The van der Waals surface area contributed by atoms with Crippen LogP contribution in [0.25, 0.3) is 10.8 Å². The SMILES string of the molecule is C[C@@H](O)[C@@H](N)c1cccc2ccccc12.Cl. The maximum absolute atomic E-state index is 9.51. The van der Waals surface area contributed by atoms with Gasteiger partial charge in [-0.05, 0) is 23.3 Å². The lowest BCUT2D eigenvalue weighted by Crippen LogP contribution is -2.23. The third-order valence-electron chi connectivity index (χ3n) is 2.70. The van der Waals surface area contributed by atoms with Crippen molar-refractivity contribution in [3.8, 4) is 0 Å². The monoisotopic (exact) mass is 237 g/mol. The number of benzene rings is 2. The largest absolute Gasteiger partial charge is 0.391 e. The highest BCUT2D eigenvalue weighted by molar-refractivity contribution is 5.86. The Labute approximate surface area is 101 Å². The quantitative estimate of drug-likeness (QED) is 0.844. The molecule has 0 saturated carbocycles. The van der Waals surface area contributed by atoms with Gasteiger partial charge in [0.25, 0.3) is 0 Å². The zero-order chi connectivity index (χ0) is 10.8. The fraction of sp³-hybridized carbons (Fsp3) is 0.231. The van der Waals surface area contributed by atoms with Gasteiger partial charge in [-0.15, -0.1) is 12.4 Å². The first kappa shape index (κ1) is 13.0. The van der Waals surface area contributed by atoms with Gasteiger partial charge < -0.3 is 10.8 Å². The minimum atomic E-state index is -0.532. The van der Waals surface area contributed by atoms with Crippen molar-refractivity contribution in [1.82, 2.24) is 0 Å². The summed E-state index contributed by atoms with van der Waals surface area (Å²) in [6.07, 6.45) is -0.532. The van der Waals surface area contributed by atoms with Crippen molar-refractivity contribution < 1.29 is 5.11 Å². The number of aliphatic hydroxyl groups is 1. The van der Waals surface area contributed by atoms with Crippen LogP contribution in [0.15, 0.2) is 42.5 Å².